The van der Waals surface area contributed by atoms with Crippen LogP contribution in [0.3, 0.4) is 0 Å². The van der Waals surface area contributed by atoms with Gasteiger partial charge in [-0.15, -0.1) is 0 Å². The smallest absolute Gasteiger partial charge is 0.191 e. The summed E-state index contributed by atoms with van der Waals surface area (Å²) in [6.07, 6.45) is 4.98. The van der Waals surface area contributed by atoms with Crippen molar-refractivity contribution in [2.24, 2.45) is 10.9 Å². The lowest BCUT2D eigenvalue weighted by Crippen LogP contribution is -2.40. The summed E-state index contributed by atoms with van der Waals surface area (Å²) in [5, 5.41) is 15.9. The number of guanidine groups is 1. The van der Waals surface area contributed by atoms with E-state index < -0.39 is 0 Å². The number of hydrogen-bond acceptors (Lipinski definition) is 4. The van der Waals surface area contributed by atoms with Gasteiger partial charge < -0.3 is 20.6 Å². The van der Waals surface area contributed by atoms with Crippen LogP contribution in [0.2, 0.25) is 0 Å². The Balaban J connectivity index is 2.64. The van der Waals surface area contributed by atoms with Crippen LogP contribution in [0, 0.1) is 5.92 Å². The van der Waals surface area contributed by atoms with E-state index in [1.165, 1.54) is 0 Å². The summed E-state index contributed by atoms with van der Waals surface area (Å²) in [7, 11) is 0. The second kappa shape index (κ2) is 13.4. The van der Waals surface area contributed by atoms with Crippen molar-refractivity contribution in [3.8, 4) is 0 Å². The third kappa shape index (κ3) is 8.04. The molecule has 0 saturated heterocycles. The highest BCUT2D eigenvalue weighted by Crippen LogP contribution is 2.12. The third-order valence-electron chi connectivity index (χ3n) is 4.45. The summed E-state index contributed by atoms with van der Waals surface area (Å²) in [6, 6.07) is 4.16. The van der Waals surface area contributed by atoms with E-state index in [-0.39, 0.29) is 6.61 Å². The minimum Gasteiger partial charge on any atom is -0.396 e. The lowest BCUT2D eigenvalue weighted by Gasteiger charge is -2.19. The van der Waals surface area contributed by atoms with E-state index >= 15 is 0 Å². The molecule has 0 aliphatic heterocycles. The number of anilines is 1. The maximum Gasteiger partial charge on any atom is 0.191 e. The van der Waals surface area contributed by atoms with Gasteiger partial charge in [0.1, 0.15) is 5.82 Å². The first-order valence-corrected chi connectivity index (χ1v) is 10.0. The average molecular weight is 364 g/mol. The fourth-order valence-electron chi connectivity index (χ4n) is 2.94. The summed E-state index contributed by atoms with van der Waals surface area (Å²) >= 11 is 0. The molecule has 1 aromatic heterocycles. The number of aliphatic hydroxyl groups is 1. The van der Waals surface area contributed by atoms with Gasteiger partial charge in [0, 0.05) is 39.0 Å². The predicted molar refractivity (Wildman–Crippen MR) is 111 cm³/mol. The monoisotopic (exact) mass is 363 g/mol. The minimum absolute atomic E-state index is 0.241. The van der Waals surface area contributed by atoms with Gasteiger partial charge in [-0.25, -0.2) is 9.98 Å². The van der Waals surface area contributed by atoms with Crippen LogP contribution in [-0.4, -0.2) is 48.8 Å². The molecule has 6 nitrogen and oxygen atoms in total. The molecule has 1 heterocycles. The van der Waals surface area contributed by atoms with Crippen molar-refractivity contribution in [3.05, 3.63) is 23.9 Å². The van der Waals surface area contributed by atoms with Crippen molar-refractivity contribution in [1.29, 1.82) is 0 Å². The number of pyridine rings is 1. The van der Waals surface area contributed by atoms with Crippen molar-refractivity contribution in [2.45, 2.75) is 53.5 Å². The Morgan fingerprint density at radius 2 is 1.92 bits per heavy atom. The number of aliphatic imine (C=N–C) groups is 1. The fraction of sp³-hybridized carbons (Fsp3) is 0.700. The molecular formula is C20H37N5O. The van der Waals surface area contributed by atoms with E-state index in [1.807, 2.05) is 6.20 Å². The maximum atomic E-state index is 9.20. The predicted octanol–water partition coefficient (Wildman–Crippen LogP) is 2.78. The zero-order valence-electron chi connectivity index (χ0n) is 17.0. The van der Waals surface area contributed by atoms with Gasteiger partial charge in [0.25, 0.3) is 0 Å². The molecule has 0 spiro atoms. The van der Waals surface area contributed by atoms with Crippen LogP contribution in [0.5, 0.6) is 0 Å². The maximum absolute atomic E-state index is 9.20. The summed E-state index contributed by atoms with van der Waals surface area (Å²) in [6.45, 7) is 12.9. The lowest BCUT2D eigenvalue weighted by molar-refractivity contribution is 0.251. The van der Waals surface area contributed by atoms with E-state index in [1.54, 1.807) is 0 Å². The Labute approximate surface area is 159 Å². The normalized spacial score (nSPS) is 12.7. The number of aromatic nitrogens is 1. The van der Waals surface area contributed by atoms with Gasteiger partial charge in [-0.1, -0.05) is 19.4 Å². The molecule has 1 atom stereocenters. The molecule has 0 bridgehead atoms. The number of hydrogen-bond donors (Lipinski definition) is 3. The highest BCUT2D eigenvalue weighted by atomic mass is 16.3. The molecule has 148 valence electrons. The van der Waals surface area contributed by atoms with Gasteiger partial charge in [-0.05, 0) is 51.2 Å². The molecule has 3 N–H and O–H groups in total. The highest BCUT2D eigenvalue weighted by molar-refractivity contribution is 5.79. The molecule has 0 aliphatic rings. The van der Waals surface area contributed by atoms with Crippen molar-refractivity contribution < 1.29 is 5.11 Å². The Morgan fingerprint density at radius 3 is 2.46 bits per heavy atom. The number of nitrogens with zero attached hydrogens (tertiary/aromatic N) is 3. The number of rotatable bonds is 12. The van der Waals surface area contributed by atoms with Crippen LogP contribution < -0.4 is 15.5 Å². The fourth-order valence-corrected chi connectivity index (χ4v) is 2.94. The third-order valence-corrected chi connectivity index (χ3v) is 4.45. The molecule has 6 heteroatoms. The quantitative estimate of drug-likeness (QED) is 0.393. The van der Waals surface area contributed by atoms with Crippen molar-refractivity contribution in [2.75, 3.05) is 37.7 Å². The van der Waals surface area contributed by atoms with Crippen LogP contribution in [0.1, 0.15) is 52.5 Å². The van der Waals surface area contributed by atoms with E-state index in [9.17, 15) is 5.11 Å². The number of nitrogens with one attached hydrogen (secondary N) is 2. The van der Waals surface area contributed by atoms with Crippen LogP contribution in [0.4, 0.5) is 5.82 Å². The second-order valence-electron chi connectivity index (χ2n) is 6.44. The zero-order chi connectivity index (χ0) is 19.2. The number of aliphatic hydroxyl groups excluding tert-OH is 1. The molecular weight excluding hydrogens is 326 g/mol. The van der Waals surface area contributed by atoms with Crippen LogP contribution >= 0.6 is 0 Å². The first kappa shape index (κ1) is 22.2. The first-order valence-electron chi connectivity index (χ1n) is 10.0. The molecule has 1 aromatic rings. The summed E-state index contributed by atoms with van der Waals surface area (Å²) in [4.78, 5) is 11.5. The van der Waals surface area contributed by atoms with E-state index in [2.05, 4.69) is 65.3 Å². The molecule has 0 amide bonds. The molecule has 0 fully saturated rings. The van der Waals surface area contributed by atoms with Crippen molar-refractivity contribution in [1.82, 2.24) is 15.6 Å². The molecule has 26 heavy (non-hydrogen) atoms. The summed E-state index contributed by atoms with van der Waals surface area (Å²) in [5.74, 6) is 2.31. The van der Waals surface area contributed by atoms with Gasteiger partial charge in [0.05, 0.1) is 6.54 Å². The van der Waals surface area contributed by atoms with Gasteiger partial charge in [0.2, 0.25) is 0 Å². The van der Waals surface area contributed by atoms with Gasteiger partial charge in [0.15, 0.2) is 5.96 Å². The van der Waals surface area contributed by atoms with Crippen LogP contribution in [0.25, 0.3) is 0 Å². The Bertz CT molecular complexity index is 493. The zero-order valence-corrected chi connectivity index (χ0v) is 17.0. The van der Waals surface area contributed by atoms with E-state index in [4.69, 9.17) is 0 Å². The van der Waals surface area contributed by atoms with E-state index in [0.717, 1.165) is 62.8 Å². The Hall–Kier alpha value is -1.82. The molecule has 0 aromatic carbocycles. The summed E-state index contributed by atoms with van der Waals surface area (Å²) < 4.78 is 0. The minimum atomic E-state index is 0.241. The first-order chi connectivity index (χ1) is 12.7. The second-order valence-corrected chi connectivity index (χ2v) is 6.44. The average Bonchev–Trinajstić information content (AvgIpc) is 2.66. The SMILES string of the molecule is CCCC(CCO)CNC(=NCc1ccc(N(CC)CC)nc1)NCC. The van der Waals surface area contributed by atoms with Crippen molar-refractivity contribution in [3.63, 3.8) is 0 Å². The molecule has 1 unspecified atom stereocenters. The van der Waals surface area contributed by atoms with Crippen LogP contribution in [-0.2, 0) is 6.54 Å². The molecule has 1 rings (SSSR count). The highest BCUT2D eigenvalue weighted by Gasteiger charge is 2.08. The summed E-state index contributed by atoms with van der Waals surface area (Å²) in [5.41, 5.74) is 1.10. The van der Waals surface area contributed by atoms with E-state index in [0.29, 0.717) is 12.5 Å². The van der Waals surface area contributed by atoms with Crippen LogP contribution in [0.15, 0.2) is 23.3 Å². The standard InChI is InChI=1S/C20H37N5O/c1-5-9-17(12-13-26)14-23-20(21-6-2)24-16-18-10-11-19(22-15-18)25(7-3)8-4/h10-11,15,17,26H,5-9,12-14,16H2,1-4H3,(H2,21,23,24). The largest absolute Gasteiger partial charge is 0.396 e. The lowest BCUT2D eigenvalue weighted by atomic mass is 10.0. The molecule has 0 saturated carbocycles. The topological polar surface area (TPSA) is 72.8 Å². The molecule has 0 aliphatic carbocycles. The van der Waals surface area contributed by atoms with Gasteiger partial charge in [-0.2, -0.15) is 0 Å². The Kier molecular flexibility index (Phi) is 11.4. The molecule has 0 radical (unpaired) electrons. The van der Waals surface area contributed by atoms with Gasteiger partial charge in [-0.3, -0.25) is 0 Å². The van der Waals surface area contributed by atoms with Crippen molar-refractivity contribution >= 4 is 11.8 Å². The van der Waals surface area contributed by atoms with Gasteiger partial charge >= 0.3 is 0 Å². The Morgan fingerprint density at radius 1 is 1.15 bits per heavy atom.